The van der Waals surface area contributed by atoms with Gasteiger partial charge in [0.25, 0.3) is 0 Å². The SMILES string of the molecule is Cc1[nH]nc(NC(=O)CNC2CC2)c1C. The second-order valence-electron chi connectivity index (χ2n) is 4.03. The maximum atomic E-state index is 11.5. The average Bonchev–Trinajstić information content (AvgIpc) is 2.98. The van der Waals surface area contributed by atoms with Crippen LogP contribution < -0.4 is 10.6 Å². The lowest BCUT2D eigenvalue weighted by atomic mass is 10.3. The minimum Gasteiger partial charge on any atom is -0.308 e. The molecule has 0 radical (unpaired) electrons. The molecule has 1 aliphatic carbocycles. The third-order valence-corrected chi connectivity index (χ3v) is 2.64. The third kappa shape index (κ3) is 2.56. The molecule has 3 N–H and O–H groups in total. The van der Waals surface area contributed by atoms with E-state index < -0.39 is 0 Å². The first-order valence-corrected chi connectivity index (χ1v) is 5.21. The minimum atomic E-state index is -0.0310. The summed E-state index contributed by atoms with van der Waals surface area (Å²) in [5.74, 6) is 0.603. The molecular weight excluding hydrogens is 192 g/mol. The average molecular weight is 208 g/mol. The van der Waals surface area contributed by atoms with Gasteiger partial charge in [-0.15, -0.1) is 0 Å². The lowest BCUT2D eigenvalue weighted by molar-refractivity contribution is -0.115. The van der Waals surface area contributed by atoms with Gasteiger partial charge in [0.2, 0.25) is 5.91 Å². The summed E-state index contributed by atoms with van der Waals surface area (Å²) in [5, 5.41) is 12.8. The Morgan fingerprint density at radius 3 is 2.80 bits per heavy atom. The van der Waals surface area contributed by atoms with Crippen molar-refractivity contribution in [3.05, 3.63) is 11.3 Å². The highest BCUT2D eigenvalue weighted by Gasteiger charge is 2.21. The van der Waals surface area contributed by atoms with E-state index in [1.54, 1.807) is 0 Å². The van der Waals surface area contributed by atoms with Gasteiger partial charge in [-0.25, -0.2) is 0 Å². The van der Waals surface area contributed by atoms with Gasteiger partial charge in [0.05, 0.1) is 6.54 Å². The number of amides is 1. The number of H-pyrrole nitrogens is 1. The van der Waals surface area contributed by atoms with E-state index in [0.717, 1.165) is 11.3 Å². The van der Waals surface area contributed by atoms with Crippen LogP contribution in [0.4, 0.5) is 5.82 Å². The zero-order valence-electron chi connectivity index (χ0n) is 9.05. The van der Waals surface area contributed by atoms with E-state index in [2.05, 4.69) is 20.8 Å². The summed E-state index contributed by atoms with van der Waals surface area (Å²) in [6.45, 7) is 4.24. The molecule has 1 amide bonds. The number of nitrogens with one attached hydrogen (secondary N) is 3. The molecule has 0 spiro atoms. The van der Waals surface area contributed by atoms with E-state index >= 15 is 0 Å². The molecule has 0 aromatic carbocycles. The molecule has 5 nitrogen and oxygen atoms in total. The number of carbonyl (C=O) groups excluding carboxylic acids is 1. The molecule has 2 rings (SSSR count). The monoisotopic (exact) mass is 208 g/mol. The Labute approximate surface area is 88.6 Å². The molecular formula is C10H16N4O. The number of nitrogens with zero attached hydrogens (tertiary/aromatic N) is 1. The fraction of sp³-hybridized carbons (Fsp3) is 0.600. The molecule has 0 atom stereocenters. The van der Waals surface area contributed by atoms with E-state index in [1.165, 1.54) is 12.8 Å². The number of aromatic amines is 1. The van der Waals surface area contributed by atoms with Crippen molar-refractivity contribution in [2.24, 2.45) is 0 Å². The van der Waals surface area contributed by atoms with Crippen LogP contribution >= 0.6 is 0 Å². The standard InChI is InChI=1S/C10H16N4O/c1-6-7(2)13-14-10(6)12-9(15)5-11-8-3-4-8/h8,11H,3-5H2,1-2H3,(H2,12,13,14,15). The smallest absolute Gasteiger partial charge is 0.239 e. The van der Waals surface area contributed by atoms with Gasteiger partial charge in [-0.3, -0.25) is 9.89 Å². The first-order valence-electron chi connectivity index (χ1n) is 5.21. The topological polar surface area (TPSA) is 69.8 Å². The van der Waals surface area contributed by atoms with Gasteiger partial charge in [-0.05, 0) is 26.7 Å². The van der Waals surface area contributed by atoms with Crippen molar-refractivity contribution in [3.8, 4) is 0 Å². The highest BCUT2D eigenvalue weighted by molar-refractivity contribution is 5.92. The molecule has 5 heteroatoms. The Balaban J connectivity index is 1.84. The van der Waals surface area contributed by atoms with Crippen molar-refractivity contribution < 1.29 is 4.79 Å². The molecule has 1 saturated carbocycles. The van der Waals surface area contributed by atoms with E-state index in [1.807, 2.05) is 13.8 Å². The maximum absolute atomic E-state index is 11.5. The van der Waals surface area contributed by atoms with Crippen molar-refractivity contribution in [2.75, 3.05) is 11.9 Å². The molecule has 1 heterocycles. The van der Waals surface area contributed by atoms with Gasteiger partial charge in [0.15, 0.2) is 5.82 Å². The molecule has 0 aliphatic heterocycles. The summed E-state index contributed by atoms with van der Waals surface area (Å²) in [6.07, 6.45) is 2.38. The predicted octanol–water partition coefficient (Wildman–Crippen LogP) is 0.717. The Kier molecular flexibility index (Phi) is 2.73. The van der Waals surface area contributed by atoms with Crippen LogP contribution in [0.25, 0.3) is 0 Å². The summed E-state index contributed by atoms with van der Waals surface area (Å²) in [5.41, 5.74) is 1.98. The number of aryl methyl sites for hydroxylation is 1. The van der Waals surface area contributed by atoms with Gasteiger partial charge in [0.1, 0.15) is 0 Å². The van der Waals surface area contributed by atoms with Crippen LogP contribution in [-0.4, -0.2) is 28.7 Å². The van der Waals surface area contributed by atoms with Crippen molar-refractivity contribution in [2.45, 2.75) is 32.7 Å². The van der Waals surface area contributed by atoms with Crippen LogP contribution in [0.3, 0.4) is 0 Å². The number of aromatic nitrogens is 2. The third-order valence-electron chi connectivity index (χ3n) is 2.64. The number of rotatable bonds is 4. The summed E-state index contributed by atoms with van der Waals surface area (Å²) in [4.78, 5) is 11.5. The van der Waals surface area contributed by atoms with Crippen LogP contribution in [0.1, 0.15) is 24.1 Å². The Morgan fingerprint density at radius 2 is 2.27 bits per heavy atom. The fourth-order valence-corrected chi connectivity index (χ4v) is 1.31. The molecule has 1 aliphatic rings. The van der Waals surface area contributed by atoms with Crippen LogP contribution in [0.2, 0.25) is 0 Å². The van der Waals surface area contributed by atoms with Crippen molar-refractivity contribution in [3.63, 3.8) is 0 Å². The molecule has 1 aromatic rings. The number of hydrogen-bond donors (Lipinski definition) is 3. The van der Waals surface area contributed by atoms with Gasteiger partial charge in [-0.2, -0.15) is 5.10 Å². The molecule has 82 valence electrons. The maximum Gasteiger partial charge on any atom is 0.239 e. The van der Waals surface area contributed by atoms with E-state index in [0.29, 0.717) is 18.4 Å². The largest absolute Gasteiger partial charge is 0.308 e. The quantitative estimate of drug-likeness (QED) is 0.682. The molecule has 0 bridgehead atoms. The zero-order valence-corrected chi connectivity index (χ0v) is 9.05. The van der Waals surface area contributed by atoms with E-state index in [4.69, 9.17) is 0 Å². The first kappa shape index (κ1) is 10.2. The minimum absolute atomic E-state index is 0.0310. The summed E-state index contributed by atoms with van der Waals surface area (Å²) >= 11 is 0. The van der Waals surface area contributed by atoms with Crippen molar-refractivity contribution >= 4 is 11.7 Å². The molecule has 0 saturated heterocycles. The van der Waals surface area contributed by atoms with Crippen LogP contribution in [-0.2, 0) is 4.79 Å². The van der Waals surface area contributed by atoms with Crippen LogP contribution in [0.5, 0.6) is 0 Å². The number of anilines is 1. The zero-order chi connectivity index (χ0) is 10.8. The fourth-order valence-electron chi connectivity index (χ4n) is 1.31. The van der Waals surface area contributed by atoms with Crippen LogP contribution in [0.15, 0.2) is 0 Å². The second-order valence-corrected chi connectivity index (χ2v) is 4.03. The molecule has 0 unspecified atom stereocenters. The predicted molar refractivity (Wildman–Crippen MR) is 57.7 cm³/mol. The number of hydrogen-bond acceptors (Lipinski definition) is 3. The summed E-state index contributed by atoms with van der Waals surface area (Å²) in [7, 11) is 0. The van der Waals surface area contributed by atoms with Gasteiger partial charge in [-0.1, -0.05) is 0 Å². The molecule has 1 fully saturated rings. The second kappa shape index (κ2) is 4.02. The molecule has 15 heavy (non-hydrogen) atoms. The first-order chi connectivity index (χ1) is 7.16. The molecule has 1 aromatic heterocycles. The summed E-state index contributed by atoms with van der Waals surface area (Å²) in [6, 6.07) is 0.553. The Morgan fingerprint density at radius 1 is 1.53 bits per heavy atom. The van der Waals surface area contributed by atoms with Crippen molar-refractivity contribution in [1.82, 2.24) is 15.5 Å². The summed E-state index contributed by atoms with van der Waals surface area (Å²) < 4.78 is 0. The highest BCUT2D eigenvalue weighted by atomic mass is 16.2. The van der Waals surface area contributed by atoms with Crippen molar-refractivity contribution in [1.29, 1.82) is 0 Å². The van der Waals surface area contributed by atoms with E-state index in [-0.39, 0.29) is 5.91 Å². The lowest BCUT2D eigenvalue weighted by Crippen LogP contribution is -2.29. The normalized spacial score (nSPS) is 15.3. The van der Waals surface area contributed by atoms with Crippen LogP contribution in [0, 0.1) is 13.8 Å². The Bertz CT molecular complexity index is 367. The van der Waals surface area contributed by atoms with E-state index in [9.17, 15) is 4.79 Å². The van der Waals surface area contributed by atoms with Gasteiger partial charge in [0, 0.05) is 17.3 Å². The van der Waals surface area contributed by atoms with Gasteiger partial charge >= 0.3 is 0 Å². The highest BCUT2D eigenvalue weighted by Crippen LogP contribution is 2.18. The van der Waals surface area contributed by atoms with Gasteiger partial charge < -0.3 is 10.6 Å². The lowest BCUT2D eigenvalue weighted by Gasteiger charge is -2.03. The Hall–Kier alpha value is -1.36. The number of carbonyl (C=O) groups is 1.